The first-order valence-corrected chi connectivity index (χ1v) is 11.0. The van der Waals surface area contributed by atoms with Crippen molar-refractivity contribution in [3.8, 4) is 5.75 Å². The largest absolute Gasteiger partial charge is 0.497 e. The Bertz CT molecular complexity index is 1250. The summed E-state index contributed by atoms with van der Waals surface area (Å²) in [5.74, 6) is -3.22. The van der Waals surface area contributed by atoms with E-state index in [0.29, 0.717) is 18.6 Å². The summed E-state index contributed by atoms with van der Waals surface area (Å²) in [6, 6.07) is 11.1. The molecule has 4 rings (SSSR count). The molecule has 2 aromatic rings. The van der Waals surface area contributed by atoms with Crippen LogP contribution in [-0.4, -0.2) is 52.1 Å². The molecule has 0 N–H and O–H groups in total. The molecule has 1 heterocycles. The highest BCUT2D eigenvalue weighted by atomic mass is 16.6. The molecule has 10 nitrogen and oxygen atoms in total. The van der Waals surface area contributed by atoms with Gasteiger partial charge in [-0.1, -0.05) is 17.7 Å². The fourth-order valence-electron chi connectivity index (χ4n) is 4.40. The zero-order valence-electron chi connectivity index (χ0n) is 19.2. The van der Waals surface area contributed by atoms with Crippen LogP contribution in [0.15, 0.2) is 60.2 Å². The normalized spacial score (nSPS) is 19.1. The predicted octanol–water partition coefficient (Wildman–Crippen LogP) is 3.18. The van der Waals surface area contributed by atoms with Crippen LogP contribution in [0.25, 0.3) is 0 Å². The Balaban J connectivity index is 1.70. The summed E-state index contributed by atoms with van der Waals surface area (Å²) in [5.41, 5.74) is 0.771. The highest BCUT2D eigenvalue weighted by Crippen LogP contribution is 2.38. The lowest BCUT2D eigenvalue weighted by atomic mass is 9.82. The Hall–Kier alpha value is -4.34. The third-order valence-electron chi connectivity index (χ3n) is 6.28. The molecule has 0 bridgehead atoms. The van der Waals surface area contributed by atoms with E-state index in [2.05, 4.69) is 0 Å². The summed E-state index contributed by atoms with van der Waals surface area (Å²) in [4.78, 5) is 63.7. The highest BCUT2D eigenvalue weighted by molar-refractivity contribution is 6.09. The SMILES string of the molecule is COc1ccc(C(=O)CN(C(=O)c2cccc([N+](=O)[O-])c2)N2C(=O)[C@H]3CC(C)=CC[C@H]3C2=O)cc1. The molecule has 0 unspecified atom stereocenters. The maximum atomic E-state index is 13.5. The van der Waals surface area contributed by atoms with Gasteiger partial charge in [-0.15, -0.1) is 0 Å². The van der Waals surface area contributed by atoms with Gasteiger partial charge < -0.3 is 4.74 Å². The number of ketones is 1. The number of imide groups is 1. The van der Waals surface area contributed by atoms with E-state index in [-0.39, 0.29) is 16.8 Å². The summed E-state index contributed by atoms with van der Waals surface area (Å²) < 4.78 is 5.10. The first-order chi connectivity index (χ1) is 16.7. The van der Waals surface area contributed by atoms with Crippen LogP contribution in [0.4, 0.5) is 5.69 Å². The number of ether oxygens (including phenoxy) is 1. The number of carbonyl (C=O) groups is 4. The zero-order chi connectivity index (χ0) is 25.3. The van der Waals surface area contributed by atoms with E-state index in [9.17, 15) is 29.3 Å². The number of allylic oxidation sites excluding steroid dienone is 2. The van der Waals surface area contributed by atoms with Crippen LogP contribution in [0.1, 0.15) is 40.5 Å². The van der Waals surface area contributed by atoms with E-state index in [4.69, 9.17) is 4.74 Å². The molecule has 0 radical (unpaired) electrons. The molecular weight excluding hydrogens is 454 g/mol. The highest BCUT2D eigenvalue weighted by Gasteiger charge is 2.51. The molecule has 2 atom stereocenters. The predicted molar refractivity (Wildman–Crippen MR) is 123 cm³/mol. The van der Waals surface area contributed by atoms with Crippen molar-refractivity contribution in [2.45, 2.75) is 19.8 Å². The van der Waals surface area contributed by atoms with E-state index in [1.165, 1.54) is 37.4 Å². The van der Waals surface area contributed by atoms with Gasteiger partial charge in [0, 0.05) is 23.3 Å². The Labute approximate surface area is 200 Å². The second-order valence-electron chi connectivity index (χ2n) is 8.51. The van der Waals surface area contributed by atoms with Crippen molar-refractivity contribution < 1.29 is 28.8 Å². The third kappa shape index (κ3) is 4.54. The molecule has 3 amide bonds. The van der Waals surface area contributed by atoms with Gasteiger partial charge in [0.15, 0.2) is 5.78 Å². The summed E-state index contributed by atoms with van der Waals surface area (Å²) in [5, 5.41) is 12.8. The van der Waals surface area contributed by atoms with Gasteiger partial charge in [-0.3, -0.25) is 29.3 Å². The van der Waals surface area contributed by atoms with E-state index in [0.717, 1.165) is 21.7 Å². The van der Waals surface area contributed by atoms with Crippen molar-refractivity contribution in [1.29, 1.82) is 0 Å². The second kappa shape index (κ2) is 9.49. The van der Waals surface area contributed by atoms with Crippen molar-refractivity contribution in [2.75, 3.05) is 13.7 Å². The number of methoxy groups -OCH3 is 1. The van der Waals surface area contributed by atoms with E-state index < -0.39 is 46.8 Å². The molecule has 1 saturated heterocycles. The summed E-state index contributed by atoms with van der Waals surface area (Å²) in [6.07, 6.45) is 2.64. The average molecular weight is 477 g/mol. The Morgan fingerprint density at radius 3 is 2.43 bits per heavy atom. The zero-order valence-corrected chi connectivity index (χ0v) is 19.2. The molecule has 1 aliphatic heterocycles. The average Bonchev–Trinajstić information content (AvgIpc) is 3.11. The molecule has 2 aliphatic rings. The molecule has 180 valence electrons. The molecule has 0 aromatic heterocycles. The van der Waals surface area contributed by atoms with Crippen LogP contribution in [0, 0.1) is 22.0 Å². The lowest BCUT2D eigenvalue weighted by molar-refractivity contribution is -0.384. The number of nitro benzene ring substituents is 1. The van der Waals surface area contributed by atoms with Crippen molar-refractivity contribution in [2.24, 2.45) is 11.8 Å². The Morgan fingerprint density at radius 2 is 1.77 bits per heavy atom. The Kier molecular flexibility index (Phi) is 6.46. The van der Waals surface area contributed by atoms with E-state index >= 15 is 0 Å². The number of Topliss-reactive ketones (excluding diaryl/α,β-unsaturated/α-hetero) is 1. The van der Waals surface area contributed by atoms with E-state index in [1.54, 1.807) is 12.1 Å². The number of nitro groups is 1. The molecule has 0 saturated carbocycles. The van der Waals surface area contributed by atoms with Crippen LogP contribution in [0.5, 0.6) is 5.75 Å². The van der Waals surface area contributed by atoms with Crippen molar-refractivity contribution in [1.82, 2.24) is 10.0 Å². The second-order valence-corrected chi connectivity index (χ2v) is 8.51. The number of fused-ring (bicyclic) bond motifs is 1. The monoisotopic (exact) mass is 477 g/mol. The lowest BCUT2D eigenvalue weighted by Gasteiger charge is -2.30. The van der Waals surface area contributed by atoms with Crippen molar-refractivity contribution in [3.05, 3.63) is 81.4 Å². The smallest absolute Gasteiger partial charge is 0.273 e. The minimum atomic E-state index is -0.861. The van der Waals surface area contributed by atoms with Gasteiger partial charge in [-0.2, -0.15) is 5.01 Å². The van der Waals surface area contributed by atoms with Crippen molar-refractivity contribution >= 4 is 29.2 Å². The van der Waals surface area contributed by atoms with Gasteiger partial charge in [0.05, 0.1) is 23.9 Å². The minimum absolute atomic E-state index is 0.119. The topological polar surface area (TPSA) is 127 Å². The number of non-ortho nitro benzene ring substituents is 1. The van der Waals surface area contributed by atoms with Gasteiger partial charge in [-0.25, -0.2) is 5.01 Å². The van der Waals surface area contributed by atoms with Gasteiger partial charge >= 0.3 is 0 Å². The van der Waals surface area contributed by atoms with Crippen LogP contribution in [0.2, 0.25) is 0 Å². The molecular formula is C25H23N3O7. The van der Waals surface area contributed by atoms with Crippen LogP contribution >= 0.6 is 0 Å². The number of hydrogen-bond acceptors (Lipinski definition) is 7. The van der Waals surface area contributed by atoms with Gasteiger partial charge in [0.1, 0.15) is 12.3 Å². The number of rotatable bonds is 7. The Morgan fingerprint density at radius 1 is 1.09 bits per heavy atom. The quantitative estimate of drug-likeness (QED) is 0.197. The first-order valence-electron chi connectivity index (χ1n) is 11.0. The fraction of sp³-hybridized carbons (Fsp3) is 0.280. The third-order valence-corrected chi connectivity index (χ3v) is 6.28. The lowest BCUT2D eigenvalue weighted by Crippen LogP contribution is -2.52. The van der Waals surface area contributed by atoms with Crippen LogP contribution < -0.4 is 4.74 Å². The maximum Gasteiger partial charge on any atom is 0.273 e. The van der Waals surface area contributed by atoms with Crippen LogP contribution in [0.3, 0.4) is 0 Å². The molecule has 1 fully saturated rings. The minimum Gasteiger partial charge on any atom is -0.497 e. The van der Waals surface area contributed by atoms with Gasteiger partial charge in [-0.05, 0) is 50.1 Å². The summed E-state index contributed by atoms with van der Waals surface area (Å²) >= 11 is 0. The number of hydrogen-bond donors (Lipinski definition) is 0. The first kappa shape index (κ1) is 23.8. The molecule has 35 heavy (non-hydrogen) atoms. The molecule has 2 aromatic carbocycles. The fourth-order valence-corrected chi connectivity index (χ4v) is 4.40. The van der Waals surface area contributed by atoms with E-state index in [1.807, 2.05) is 13.0 Å². The van der Waals surface area contributed by atoms with Crippen molar-refractivity contribution in [3.63, 3.8) is 0 Å². The maximum absolute atomic E-state index is 13.5. The number of hydrazine groups is 1. The number of carbonyl (C=O) groups excluding carboxylic acids is 4. The molecule has 1 aliphatic carbocycles. The summed E-state index contributed by atoms with van der Waals surface area (Å²) in [6.45, 7) is 1.27. The van der Waals surface area contributed by atoms with Gasteiger partial charge in [0.2, 0.25) is 0 Å². The number of nitrogens with zero attached hydrogens (tertiary/aromatic N) is 3. The molecule has 10 heteroatoms. The number of benzene rings is 2. The van der Waals surface area contributed by atoms with Crippen LogP contribution in [-0.2, 0) is 9.59 Å². The summed E-state index contributed by atoms with van der Waals surface area (Å²) in [7, 11) is 1.48. The molecule has 0 spiro atoms. The standard InChI is InChI=1S/C25H23N3O7/c1-15-6-11-20-21(12-15)25(32)27(24(20)31)26(14-22(29)16-7-9-19(35-2)10-8-16)23(30)17-4-3-5-18(13-17)28(33)34/h3-10,13,20-21H,11-12,14H2,1-2H3/t20-,21+/m1/s1. The number of amides is 3. The van der Waals surface area contributed by atoms with Gasteiger partial charge in [0.25, 0.3) is 23.4 Å².